The van der Waals surface area contributed by atoms with E-state index >= 15 is 8.78 Å². The number of nitrogens with one attached hydrogen (secondary N) is 2. The summed E-state index contributed by atoms with van der Waals surface area (Å²) < 4.78 is 30.8. The topological polar surface area (TPSA) is 91.3 Å². The van der Waals surface area contributed by atoms with Crippen LogP contribution in [0.15, 0.2) is 71.3 Å². The van der Waals surface area contributed by atoms with Crippen molar-refractivity contribution < 1.29 is 23.5 Å². The summed E-state index contributed by atoms with van der Waals surface area (Å²) in [7, 11) is 0. The van der Waals surface area contributed by atoms with Crippen LogP contribution in [0.2, 0.25) is 0 Å². The summed E-state index contributed by atoms with van der Waals surface area (Å²) in [5, 5.41) is 15.2. The van der Waals surface area contributed by atoms with Gasteiger partial charge in [-0.15, -0.1) is 12.6 Å². The summed E-state index contributed by atoms with van der Waals surface area (Å²) in [4.78, 5) is 28.2. The lowest BCUT2D eigenvalue weighted by atomic mass is 9.78. The number of anilines is 2. The van der Waals surface area contributed by atoms with Gasteiger partial charge in [0.2, 0.25) is 5.78 Å². The van der Waals surface area contributed by atoms with Gasteiger partial charge in [0.1, 0.15) is 17.1 Å². The zero-order valence-electron chi connectivity index (χ0n) is 17.2. The highest BCUT2D eigenvalue weighted by molar-refractivity contribution is 7.80. The quantitative estimate of drug-likeness (QED) is 0.232. The second-order valence-electron chi connectivity index (χ2n) is 7.31. The molecule has 0 saturated heterocycles. The van der Waals surface area contributed by atoms with Gasteiger partial charge in [-0.25, -0.2) is 18.6 Å². The van der Waals surface area contributed by atoms with Gasteiger partial charge in [-0.2, -0.15) is 0 Å². The van der Waals surface area contributed by atoms with Crippen molar-refractivity contribution in [2.24, 2.45) is 0 Å². The van der Waals surface area contributed by atoms with Crippen molar-refractivity contribution in [1.82, 2.24) is 4.98 Å². The number of hydrogen-bond donors (Lipinski definition) is 4. The van der Waals surface area contributed by atoms with Crippen LogP contribution in [0.5, 0.6) is 0 Å². The van der Waals surface area contributed by atoms with E-state index in [1.165, 1.54) is 6.08 Å². The van der Waals surface area contributed by atoms with Gasteiger partial charge in [0.05, 0.1) is 4.90 Å². The number of aromatic nitrogens is 1. The second kappa shape index (κ2) is 9.41. The fourth-order valence-corrected chi connectivity index (χ4v) is 4.10. The number of ketones is 1. The molecule has 0 saturated carbocycles. The third-order valence-corrected chi connectivity index (χ3v) is 5.71. The summed E-state index contributed by atoms with van der Waals surface area (Å²) in [5.41, 5.74) is -0.902. The number of allylic oxidation sites excluding steroid dienone is 1. The number of carboxylic acids is 1. The van der Waals surface area contributed by atoms with Gasteiger partial charge < -0.3 is 15.7 Å². The molecule has 9 heteroatoms. The van der Waals surface area contributed by atoms with E-state index in [-0.39, 0.29) is 17.7 Å². The number of carboxylic acid groups (broad SMARTS) is 1. The Hall–Kier alpha value is -3.72. The Labute approximate surface area is 193 Å². The highest BCUT2D eigenvalue weighted by Gasteiger charge is 2.38. The van der Waals surface area contributed by atoms with Crippen LogP contribution in [0.3, 0.4) is 0 Å². The average Bonchev–Trinajstić information content (AvgIpc) is 2.83. The molecular formula is C24H19F2N3O3S. The second-order valence-corrected chi connectivity index (χ2v) is 7.76. The minimum atomic E-state index is -1.47. The molecule has 1 aliphatic carbocycles. The van der Waals surface area contributed by atoms with Crippen LogP contribution >= 0.6 is 12.6 Å². The fraction of sp³-hybridized carbons (Fsp3) is 0.125. The van der Waals surface area contributed by atoms with Crippen molar-refractivity contribution in [3.8, 4) is 0 Å². The van der Waals surface area contributed by atoms with E-state index in [9.17, 15) is 14.7 Å². The predicted octanol–water partition coefficient (Wildman–Crippen LogP) is 4.51. The molecular weight excluding hydrogens is 448 g/mol. The first-order valence-electron chi connectivity index (χ1n) is 10.1. The summed E-state index contributed by atoms with van der Waals surface area (Å²) in [6, 6.07) is 13.9. The molecule has 4 rings (SSSR count). The number of fused-ring (bicyclic) bond motifs is 1. The Morgan fingerprint density at radius 1 is 1.03 bits per heavy atom. The summed E-state index contributed by atoms with van der Waals surface area (Å²) in [6.07, 6.45) is 2.81. The number of thiol groups is 1. The molecule has 1 aromatic heterocycles. The van der Waals surface area contributed by atoms with Crippen LogP contribution < -0.4 is 10.6 Å². The Morgan fingerprint density at radius 2 is 1.73 bits per heavy atom. The number of Topliss-reactive ketones (excluding diaryl/α,β-unsaturated/α-hetero) is 1. The van der Waals surface area contributed by atoms with Crippen LogP contribution in [-0.4, -0.2) is 34.9 Å². The number of rotatable bonds is 7. The first-order chi connectivity index (χ1) is 15.9. The van der Waals surface area contributed by atoms with Crippen LogP contribution in [0, 0.1) is 11.6 Å². The van der Waals surface area contributed by atoms with Crippen molar-refractivity contribution in [3.63, 3.8) is 0 Å². The molecule has 0 amide bonds. The smallest absolute Gasteiger partial charge is 0.339 e. The molecule has 168 valence electrons. The molecule has 0 radical (unpaired) electrons. The van der Waals surface area contributed by atoms with Crippen molar-refractivity contribution in [2.45, 2.75) is 10.8 Å². The molecule has 1 atom stereocenters. The van der Waals surface area contributed by atoms with Gasteiger partial charge in [0.25, 0.3) is 0 Å². The zero-order valence-corrected chi connectivity index (χ0v) is 18.1. The van der Waals surface area contributed by atoms with Crippen molar-refractivity contribution >= 4 is 35.9 Å². The van der Waals surface area contributed by atoms with E-state index in [4.69, 9.17) is 0 Å². The van der Waals surface area contributed by atoms with Crippen LogP contribution in [0.25, 0.3) is 0 Å². The number of carbonyl (C=O) groups is 2. The van der Waals surface area contributed by atoms with Crippen LogP contribution in [-0.2, 0) is 4.79 Å². The first-order valence-corrected chi connectivity index (χ1v) is 10.5. The third kappa shape index (κ3) is 4.31. The zero-order chi connectivity index (χ0) is 23.5. The SMILES string of the molecule is O=C(O)C1=CC(c2ccccc2)c2c(F)c(NCCNc3ccccn3)c(F)c(S)c2C1=O. The molecule has 0 aliphatic heterocycles. The average molecular weight is 467 g/mol. The molecule has 0 spiro atoms. The van der Waals surface area contributed by atoms with E-state index in [0.29, 0.717) is 17.9 Å². The molecule has 3 aromatic rings. The maximum atomic E-state index is 15.7. The molecule has 1 aliphatic rings. The maximum absolute atomic E-state index is 15.7. The Bertz CT molecular complexity index is 1250. The van der Waals surface area contributed by atoms with E-state index in [0.717, 1.165) is 0 Å². The van der Waals surface area contributed by atoms with E-state index < -0.39 is 45.5 Å². The van der Waals surface area contributed by atoms with Gasteiger partial charge in [0.15, 0.2) is 11.6 Å². The maximum Gasteiger partial charge on any atom is 0.339 e. The Kier molecular flexibility index (Phi) is 6.41. The fourth-order valence-electron chi connectivity index (χ4n) is 3.77. The highest BCUT2D eigenvalue weighted by Crippen LogP contribution is 2.43. The van der Waals surface area contributed by atoms with Gasteiger partial charge in [-0.3, -0.25) is 4.79 Å². The number of hydrogen-bond acceptors (Lipinski definition) is 6. The number of benzene rings is 2. The predicted molar refractivity (Wildman–Crippen MR) is 123 cm³/mol. The summed E-state index contributed by atoms with van der Waals surface area (Å²) >= 11 is 4.14. The Morgan fingerprint density at radius 3 is 2.39 bits per heavy atom. The van der Waals surface area contributed by atoms with Crippen LogP contribution in [0.1, 0.15) is 27.4 Å². The van der Waals surface area contributed by atoms with Gasteiger partial charge >= 0.3 is 5.97 Å². The molecule has 0 fully saturated rings. The van der Waals surface area contributed by atoms with Crippen LogP contribution in [0.4, 0.5) is 20.3 Å². The third-order valence-electron chi connectivity index (χ3n) is 5.29. The molecule has 0 bridgehead atoms. The minimum absolute atomic E-state index is 0.109. The number of aliphatic carboxylic acids is 1. The molecule has 2 aromatic carbocycles. The lowest BCUT2D eigenvalue weighted by molar-refractivity contribution is -0.132. The summed E-state index contributed by atoms with van der Waals surface area (Å²) in [5.74, 6) is -4.75. The van der Waals surface area contributed by atoms with Crippen molar-refractivity contribution in [2.75, 3.05) is 23.7 Å². The number of pyridine rings is 1. The van der Waals surface area contributed by atoms with Crippen molar-refractivity contribution in [3.05, 3.63) is 94.7 Å². The number of halogens is 2. The van der Waals surface area contributed by atoms with Crippen molar-refractivity contribution in [1.29, 1.82) is 0 Å². The number of carbonyl (C=O) groups excluding carboxylic acids is 1. The molecule has 6 nitrogen and oxygen atoms in total. The lowest BCUT2D eigenvalue weighted by Crippen LogP contribution is -2.25. The molecule has 33 heavy (non-hydrogen) atoms. The first kappa shape index (κ1) is 22.5. The lowest BCUT2D eigenvalue weighted by Gasteiger charge is -2.26. The molecule has 1 unspecified atom stereocenters. The largest absolute Gasteiger partial charge is 0.478 e. The van der Waals surface area contributed by atoms with Gasteiger partial charge in [0, 0.05) is 36.3 Å². The summed E-state index contributed by atoms with van der Waals surface area (Å²) in [6.45, 7) is 0.468. The van der Waals surface area contributed by atoms with Gasteiger partial charge in [-0.05, 0) is 17.7 Å². The highest BCUT2D eigenvalue weighted by atomic mass is 32.1. The standard InChI is InChI=1S/C24H19F2N3O3S/c25-19-17-14(13-6-2-1-3-7-13)12-15(24(31)32)22(30)18(17)23(33)20(26)21(19)29-11-10-28-16-8-4-5-9-27-16/h1-9,12,14,29,33H,10-11H2,(H,27,28)(H,31,32). The Balaban J connectivity index is 1.72. The van der Waals surface area contributed by atoms with Gasteiger partial charge in [-0.1, -0.05) is 42.5 Å². The van der Waals surface area contributed by atoms with E-state index in [1.807, 2.05) is 0 Å². The normalized spacial score (nSPS) is 14.9. The molecule has 3 N–H and O–H groups in total. The van der Waals surface area contributed by atoms with E-state index in [1.54, 1.807) is 54.7 Å². The monoisotopic (exact) mass is 467 g/mol. The van der Waals surface area contributed by atoms with E-state index in [2.05, 4.69) is 28.2 Å². The number of nitrogens with zero attached hydrogens (tertiary/aromatic N) is 1. The minimum Gasteiger partial charge on any atom is -0.478 e. The molecule has 1 heterocycles.